The Morgan fingerprint density at radius 3 is 2.79 bits per heavy atom. The maximum Gasteiger partial charge on any atom is 0.332 e. The molecule has 0 unspecified atom stereocenters. The Kier molecular flexibility index (Phi) is 3.25. The van der Waals surface area contributed by atoms with E-state index in [9.17, 15) is 10.1 Å². The number of nitrogens with two attached hydrogens (primary N) is 1. The van der Waals surface area contributed by atoms with Crippen LogP contribution in [0.25, 0.3) is 0 Å². The number of anilines is 1. The third kappa shape index (κ3) is 2.58. The monoisotopic (exact) mass is 256 g/mol. The normalized spacial score (nSPS) is 9.63. The molecule has 1 aromatic heterocycles. The summed E-state index contributed by atoms with van der Waals surface area (Å²) in [6, 6.07) is 9.44. The number of nitriles is 1. The highest BCUT2D eigenvalue weighted by molar-refractivity contribution is 5.55. The van der Waals surface area contributed by atoms with Crippen molar-refractivity contribution in [3.63, 3.8) is 0 Å². The Bertz CT molecular complexity index is 679. The van der Waals surface area contributed by atoms with E-state index in [0.29, 0.717) is 5.69 Å². The summed E-state index contributed by atoms with van der Waals surface area (Å²) in [5.74, 6) is 0.0599. The minimum atomic E-state index is -0.664. The van der Waals surface area contributed by atoms with Crippen molar-refractivity contribution in [1.82, 2.24) is 4.98 Å². The topological polar surface area (TPSA) is 115 Å². The second-order valence-corrected chi connectivity index (χ2v) is 3.56. The molecule has 0 atom stereocenters. The zero-order chi connectivity index (χ0) is 13.8. The van der Waals surface area contributed by atoms with Gasteiger partial charge in [0.1, 0.15) is 6.07 Å². The Morgan fingerprint density at radius 1 is 1.42 bits per heavy atom. The SMILES string of the molecule is N#Cc1cnc(Oc2ccccc2N)c([N+](=O)[O-])c1. The number of para-hydroxylation sites is 2. The van der Waals surface area contributed by atoms with E-state index in [-0.39, 0.29) is 22.9 Å². The van der Waals surface area contributed by atoms with Crippen LogP contribution in [0.15, 0.2) is 36.5 Å². The van der Waals surface area contributed by atoms with Gasteiger partial charge in [-0.05, 0) is 12.1 Å². The summed E-state index contributed by atoms with van der Waals surface area (Å²) in [5, 5.41) is 19.6. The van der Waals surface area contributed by atoms with Crippen molar-refractivity contribution < 1.29 is 9.66 Å². The maximum absolute atomic E-state index is 10.9. The number of hydrogen-bond donors (Lipinski definition) is 1. The highest BCUT2D eigenvalue weighted by Crippen LogP contribution is 2.32. The van der Waals surface area contributed by atoms with Crippen molar-refractivity contribution in [3.05, 3.63) is 52.2 Å². The molecule has 0 radical (unpaired) electrons. The molecule has 7 heteroatoms. The van der Waals surface area contributed by atoms with Gasteiger partial charge in [-0.15, -0.1) is 0 Å². The Hall–Kier alpha value is -3.14. The van der Waals surface area contributed by atoms with Gasteiger partial charge in [0.15, 0.2) is 5.75 Å². The lowest BCUT2D eigenvalue weighted by Gasteiger charge is -2.07. The van der Waals surface area contributed by atoms with E-state index in [1.807, 2.05) is 0 Å². The minimum absolute atomic E-state index is 0.0834. The smallest absolute Gasteiger partial charge is 0.332 e. The van der Waals surface area contributed by atoms with Gasteiger partial charge < -0.3 is 10.5 Å². The second-order valence-electron chi connectivity index (χ2n) is 3.56. The number of hydrogen-bond acceptors (Lipinski definition) is 6. The van der Waals surface area contributed by atoms with Gasteiger partial charge in [-0.2, -0.15) is 5.26 Å². The molecule has 7 nitrogen and oxygen atoms in total. The lowest BCUT2D eigenvalue weighted by molar-refractivity contribution is -0.386. The van der Waals surface area contributed by atoms with Crippen molar-refractivity contribution in [2.45, 2.75) is 0 Å². The van der Waals surface area contributed by atoms with Crippen molar-refractivity contribution in [2.24, 2.45) is 0 Å². The van der Waals surface area contributed by atoms with Crippen molar-refractivity contribution in [2.75, 3.05) is 5.73 Å². The number of aromatic nitrogens is 1. The van der Waals surface area contributed by atoms with Gasteiger partial charge in [0.05, 0.1) is 16.2 Å². The standard InChI is InChI=1S/C12H8N4O3/c13-6-8-5-10(16(17)18)12(15-7-8)19-11-4-2-1-3-9(11)14/h1-5,7H,14H2. The van der Waals surface area contributed by atoms with Crippen LogP contribution in [0, 0.1) is 21.4 Å². The summed E-state index contributed by atoms with van der Waals surface area (Å²) in [6.07, 6.45) is 1.20. The highest BCUT2D eigenvalue weighted by atomic mass is 16.6. The minimum Gasteiger partial charge on any atom is -0.431 e. The number of benzene rings is 1. The first-order valence-corrected chi connectivity index (χ1v) is 5.18. The number of nitrogens with zero attached hydrogens (tertiary/aromatic N) is 3. The third-order valence-corrected chi connectivity index (χ3v) is 2.28. The molecule has 2 aromatic rings. The molecule has 2 rings (SSSR count). The van der Waals surface area contributed by atoms with Crippen LogP contribution in [0.1, 0.15) is 5.56 Å². The first kappa shape index (κ1) is 12.3. The average molecular weight is 256 g/mol. The number of ether oxygens (including phenoxy) is 1. The Morgan fingerprint density at radius 2 is 2.16 bits per heavy atom. The molecule has 0 fully saturated rings. The molecule has 1 aromatic carbocycles. The Balaban J connectivity index is 2.43. The summed E-state index contributed by atoms with van der Waals surface area (Å²) in [4.78, 5) is 14.0. The summed E-state index contributed by atoms with van der Waals surface area (Å²) in [5.41, 5.74) is 5.71. The van der Waals surface area contributed by atoms with Crippen LogP contribution in [0.2, 0.25) is 0 Å². The van der Waals surface area contributed by atoms with Gasteiger partial charge in [-0.1, -0.05) is 12.1 Å². The zero-order valence-corrected chi connectivity index (χ0v) is 9.61. The number of nitro groups is 1. The highest BCUT2D eigenvalue weighted by Gasteiger charge is 2.19. The van der Waals surface area contributed by atoms with Crippen LogP contribution in [0.5, 0.6) is 11.6 Å². The summed E-state index contributed by atoms with van der Waals surface area (Å²) < 4.78 is 5.31. The van der Waals surface area contributed by atoms with Crippen LogP contribution in [-0.2, 0) is 0 Å². The first-order valence-electron chi connectivity index (χ1n) is 5.18. The van der Waals surface area contributed by atoms with E-state index >= 15 is 0 Å². The molecule has 2 N–H and O–H groups in total. The molecule has 19 heavy (non-hydrogen) atoms. The average Bonchev–Trinajstić information content (AvgIpc) is 2.41. The van der Waals surface area contributed by atoms with E-state index < -0.39 is 4.92 Å². The maximum atomic E-state index is 10.9. The van der Waals surface area contributed by atoms with Crippen LogP contribution >= 0.6 is 0 Å². The lowest BCUT2D eigenvalue weighted by atomic mass is 10.3. The molecule has 94 valence electrons. The molecular formula is C12H8N4O3. The van der Waals surface area contributed by atoms with E-state index in [1.54, 1.807) is 30.3 Å². The largest absolute Gasteiger partial charge is 0.431 e. The quantitative estimate of drug-likeness (QED) is 0.511. The summed E-state index contributed by atoms with van der Waals surface area (Å²) >= 11 is 0. The second kappa shape index (κ2) is 5.01. The predicted molar refractivity (Wildman–Crippen MR) is 66.5 cm³/mol. The van der Waals surface area contributed by atoms with Gasteiger partial charge in [0.25, 0.3) is 5.88 Å². The van der Waals surface area contributed by atoms with E-state index in [0.717, 1.165) is 6.07 Å². The van der Waals surface area contributed by atoms with E-state index in [2.05, 4.69) is 4.98 Å². The molecule has 0 aliphatic carbocycles. The summed E-state index contributed by atoms with van der Waals surface area (Å²) in [6.45, 7) is 0. The van der Waals surface area contributed by atoms with Gasteiger partial charge in [-0.25, -0.2) is 4.98 Å². The molecule has 0 saturated heterocycles. The van der Waals surface area contributed by atoms with Crippen LogP contribution in [0.3, 0.4) is 0 Å². The molecular weight excluding hydrogens is 248 g/mol. The number of pyridine rings is 1. The first-order chi connectivity index (χ1) is 9.11. The van der Waals surface area contributed by atoms with Crippen LogP contribution in [0.4, 0.5) is 11.4 Å². The molecule has 0 saturated carbocycles. The molecule has 0 aliphatic heterocycles. The van der Waals surface area contributed by atoms with Gasteiger partial charge in [0.2, 0.25) is 0 Å². The van der Waals surface area contributed by atoms with E-state index in [4.69, 9.17) is 15.7 Å². The van der Waals surface area contributed by atoms with Gasteiger partial charge in [-0.3, -0.25) is 10.1 Å². The fraction of sp³-hybridized carbons (Fsp3) is 0. The molecule has 0 spiro atoms. The summed E-state index contributed by atoms with van der Waals surface area (Å²) in [7, 11) is 0. The predicted octanol–water partition coefficient (Wildman–Crippen LogP) is 2.24. The van der Waals surface area contributed by atoms with Crippen molar-refractivity contribution in [1.29, 1.82) is 5.26 Å². The van der Waals surface area contributed by atoms with Crippen LogP contribution < -0.4 is 10.5 Å². The fourth-order valence-corrected chi connectivity index (χ4v) is 1.39. The Labute approximate surface area is 108 Å². The van der Waals surface area contributed by atoms with Crippen LogP contribution in [-0.4, -0.2) is 9.91 Å². The van der Waals surface area contributed by atoms with E-state index in [1.165, 1.54) is 6.20 Å². The van der Waals surface area contributed by atoms with Crippen molar-refractivity contribution in [3.8, 4) is 17.7 Å². The van der Waals surface area contributed by atoms with Gasteiger partial charge in [0, 0.05) is 12.3 Å². The zero-order valence-electron chi connectivity index (χ0n) is 9.61. The molecule has 0 aliphatic rings. The lowest BCUT2D eigenvalue weighted by Crippen LogP contribution is -1.98. The molecule has 0 amide bonds. The van der Waals surface area contributed by atoms with Gasteiger partial charge >= 0.3 is 5.69 Å². The molecule has 0 bridgehead atoms. The third-order valence-electron chi connectivity index (χ3n) is 2.28. The van der Waals surface area contributed by atoms with Crippen molar-refractivity contribution >= 4 is 11.4 Å². The number of rotatable bonds is 3. The fourth-order valence-electron chi connectivity index (χ4n) is 1.39. The number of nitrogen functional groups attached to an aromatic ring is 1. The molecule has 1 heterocycles.